The Morgan fingerprint density at radius 2 is 1.62 bits per heavy atom. The van der Waals surface area contributed by atoms with Crippen LogP contribution in [0.25, 0.3) is 0 Å². The molecule has 0 bridgehead atoms. The van der Waals surface area contributed by atoms with E-state index >= 15 is 0 Å². The Morgan fingerprint density at radius 1 is 1.00 bits per heavy atom. The van der Waals surface area contributed by atoms with Gasteiger partial charge in [-0.3, -0.25) is 5.41 Å². The van der Waals surface area contributed by atoms with E-state index in [0.29, 0.717) is 11.1 Å². The Bertz CT molecular complexity index is 832. The summed E-state index contributed by atoms with van der Waals surface area (Å²) >= 11 is 5.74. The van der Waals surface area contributed by atoms with Gasteiger partial charge in [-0.05, 0) is 35.9 Å². The summed E-state index contributed by atoms with van der Waals surface area (Å²) in [5, 5.41) is 15.4. The average molecular weight is 386 g/mol. The number of hydrogen-bond donors (Lipinski definition) is 3. The standard InChI is InChI=1S/C16H12ClF4N5/c17-13-5-1-10(2-6-13)8-23-25-15(22)26-24-9-11-3-4-12(7-14(11)18)16(19,20)21/h1-9H,(H3,22,25,26)/b23-8+,24-9+. The average Bonchev–Trinajstić information content (AvgIpc) is 2.57. The Kier molecular flexibility index (Phi) is 6.29. The van der Waals surface area contributed by atoms with E-state index in [1.165, 1.54) is 6.21 Å². The second-order valence-electron chi connectivity index (χ2n) is 4.90. The van der Waals surface area contributed by atoms with Gasteiger partial charge in [0, 0.05) is 10.6 Å². The Morgan fingerprint density at radius 3 is 2.19 bits per heavy atom. The lowest BCUT2D eigenvalue weighted by Crippen LogP contribution is -2.29. The molecule has 0 fully saturated rings. The van der Waals surface area contributed by atoms with Crippen molar-refractivity contribution in [1.29, 1.82) is 5.41 Å². The topological polar surface area (TPSA) is 72.6 Å². The van der Waals surface area contributed by atoms with Crippen LogP contribution in [0.5, 0.6) is 0 Å². The van der Waals surface area contributed by atoms with Crippen molar-refractivity contribution in [3.05, 3.63) is 70.0 Å². The molecule has 0 aliphatic rings. The van der Waals surface area contributed by atoms with Crippen LogP contribution in [0.15, 0.2) is 52.7 Å². The number of rotatable bonds is 4. The highest BCUT2D eigenvalue weighted by atomic mass is 35.5. The molecule has 2 aromatic carbocycles. The number of hydrazone groups is 2. The van der Waals surface area contributed by atoms with Crippen molar-refractivity contribution < 1.29 is 17.6 Å². The van der Waals surface area contributed by atoms with E-state index < -0.39 is 17.6 Å². The molecule has 10 heteroatoms. The molecule has 0 heterocycles. The smallest absolute Gasteiger partial charge is 0.266 e. The van der Waals surface area contributed by atoms with Gasteiger partial charge in [-0.25, -0.2) is 15.2 Å². The second kappa shape index (κ2) is 8.43. The molecule has 3 N–H and O–H groups in total. The highest BCUT2D eigenvalue weighted by Crippen LogP contribution is 2.29. The molecule has 0 amide bonds. The van der Waals surface area contributed by atoms with Crippen LogP contribution in [-0.2, 0) is 6.18 Å². The largest absolute Gasteiger partial charge is 0.416 e. The van der Waals surface area contributed by atoms with E-state index in [1.54, 1.807) is 24.3 Å². The Hall–Kier alpha value is -2.94. The number of guanidine groups is 1. The molecule has 0 spiro atoms. The van der Waals surface area contributed by atoms with Crippen molar-refractivity contribution in [3.63, 3.8) is 0 Å². The molecule has 0 aromatic heterocycles. The SMILES string of the molecule is N=C(N/N=C/c1ccc(Cl)cc1)N/N=C/c1ccc(C(F)(F)F)cc1F. The van der Waals surface area contributed by atoms with Crippen LogP contribution in [0, 0.1) is 11.2 Å². The first kappa shape index (κ1) is 19.4. The number of alkyl halides is 3. The molecule has 26 heavy (non-hydrogen) atoms. The van der Waals surface area contributed by atoms with Crippen LogP contribution >= 0.6 is 11.6 Å². The van der Waals surface area contributed by atoms with E-state index in [0.717, 1.165) is 23.9 Å². The number of benzene rings is 2. The van der Waals surface area contributed by atoms with Crippen molar-refractivity contribution in [2.24, 2.45) is 10.2 Å². The Labute approximate surface area is 150 Å². The van der Waals surface area contributed by atoms with Gasteiger partial charge in [0.25, 0.3) is 0 Å². The van der Waals surface area contributed by atoms with Crippen molar-refractivity contribution in [2.45, 2.75) is 6.18 Å². The maximum atomic E-state index is 13.6. The summed E-state index contributed by atoms with van der Waals surface area (Å²) in [6.45, 7) is 0. The van der Waals surface area contributed by atoms with Crippen molar-refractivity contribution in [3.8, 4) is 0 Å². The lowest BCUT2D eigenvalue weighted by Gasteiger charge is -2.07. The molecule has 0 radical (unpaired) electrons. The van der Waals surface area contributed by atoms with Crippen LogP contribution in [0.1, 0.15) is 16.7 Å². The van der Waals surface area contributed by atoms with E-state index in [4.69, 9.17) is 17.0 Å². The highest BCUT2D eigenvalue weighted by molar-refractivity contribution is 6.30. The molecule has 2 rings (SSSR count). The second-order valence-corrected chi connectivity index (χ2v) is 5.34. The first-order chi connectivity index (χ1) is 12.3. The first-order valence-electron chi connectivity index (χ1n) is 7.05. The summed E-state index contributed by atoms with van der Waals surface area (Å²) in [6.07, 6.45) is -2.23. The maximum Gasteiger partial charge on any atom is 0.416 e. The molecule has 0 saturated carbocycles. The minimum Gasteiger partial charge on any atom is -0.266 e. The van der Waals surface area contributed by atoms with E-state index in [2.05, 4.69) is 21.1 Å². The number of nitrogens with one attached hydrogen (secondary N) is 3. The number of hydrogen-bond acceptors (Lipinski definition) is 3. The summed E-state index contributed by atoms with van der Waals surface area (Å²) in [5.41, 5.74) is 4.03. The van der Waals surface area contributed by atoms with E-state index in [-0.39, 0.29) is 11.5 Å². The molecule has 0 saturated heterocycles. The molecule has 5 nitrogen and oxygen atoms in total. The summed E-state index contributed by atoms with van der Waals surface area (Å²) in [4.78, 5) is 0. The van der Waals surface area contributed by atoms with E-state index in [1.807, 2.05) is 0 Å². The summed E-state index contributed by atoms with van der Waals surface area (Å²) in [7, 11) is 0. The molecule has 0 aliphatic carbocycles. The van der Waals surface area contributed by atoms with Crippen LogP contribution in [0.4, 0.5) is 17.6 Å². The van der Waals surface area contributed by atoms with Crippen LogP contribution in [0.2, 0.25) is 5.02 Å². The fraction of sp³-hybridized carbons (Fsp3) is 0.0625. The summed E-state index contributed by atoms with van der Waals surface area (Å²) in [5.74, 6) is -1.40. The van der Waals surface area contributed by atoms with Gasteiger partial charge in [0.05, 0.1) is 18.0 Å². The fourth-order valence-corrected chi connectivity index (χ4v) is 1.85. The van der Waals surface area contributed by atoms with Gasteiger partial charge in [-0.15, -0.1) is 0 Å². The van der Waals surface area contributed by atoms with Gasteiger partial charge in [-0.1, -0.05) is 23.7 Å². The lowest BCUT2D eigenvalue weighted by molar-refractivity contribution is -0.137. The van der Waals surface area contributed by atoms with Gasteiger partial charge in [0.2, 0.25) is 5.96 Å². The van der Waals surface area contributed by atoms with Gasteiger partial charge in [-0.2, -0.15) is 23.4 Å². The van der Waals surface area contributed by atoms with Crippen LogP contribution in [-0.4, -0.2) is 18.4 Å². The summed E-state index contributed by atoms with van der Waals surface area (Å²) < 4.78 is 50.9. The third-order valence-corrected chi connectivity index (χ3v) is 3.22. The predicted octanol–water partition coefficient (Wildman–Crippen LogP) is 3.98. The maximum absolute atomic E-state index is 13.6. The van der Waals surface area contributed by atoms with Gasteiger partial charge in [0.1, 0.15) is 5.82 Å². The third kappa shape index (κ3) is 5.85. The monoisotopic (exact) mass is 385 g/mol. The van der Waals surface area contributed by atoms with Gasteiger partial charge in [0.15, 0.2) is 0 Å². The molecule has 0 aliphatic heterocycles. The first-order valence-corrected chi connectivity index (χ1v) is 7.42. The van der Waals surface area contributed by atoms with E-state index in [9.17, 15) is 17.6 Å². The molecule has 2 aromatic rings. The number of nitrogens with zero attached hydrogens (tertiary/aromatic N) is 2. The van der Waals surface area contributed by atoms with Crippen molar-refractivity contribution >= 4 is 30.0 Å². The fourth-order valence-electron chi connectivity index (χ4n) is 1.72. The molecular formula is C16H12ClF4N5. The van der Waals surface area contributed by atoms with Gasteiger partial charge >= 0.3 is 6.18 Å². The predicted molar refractivity (Wildman–Crippen MR) is 92.0 cm³/mol. The quantitative estimate of drug-likeness (QED) is 0.322. The molecule has 136 valence electrons. The highest BCUT2D eigenvalue weighted by Gasteiger charge is 2.30. The zero-order valence-corrected chi connectivity index (χ0v) is 13.7. The molecule has 0 atom stereocenters. The van der Waals surface area contributed by atoms with Crippen LogP contribution in [0.3, 0.4) is 0 Å². The third-order valence-electron chi connectivity index (χ3n) is 2.97. The van der Waals surface area contributed by atoms with Crippen LogP contribution < -0.4 is 10.9 Å². The Balaban J connectivity index is 1.87. The zero-order valence-electron chi connectivity index (χ0n) is 13.0. The lowest BCUT2D eigenvalue weighted by atomic mass is 10.1. The van der Waals surface area contributed by atoms with Crippen molar-refractivity contribution in [1.82, 2.24) is 10.9 Å². The normalized spacial score (nSPS) is 11.9. The molecular weight excluding hydrogens is 374 g/mol. The summed E-state index contributed by atoms with van der Waals surface area (Å²) in [6, 6.07) is 8.85. The molecule has 0 unspecified atom stereocenters. The van der Waals surface area contributed by atoms with Crippen molar-refractivity contribution in [2.75, 3.05) is 0 Å². The zero-order chi connectivity index (χ0) is 19.2. The minimum atomic E-state index is -4.62. The minimum absolute atomic E-state index is 0.164. The number of halogens is 5. The van der Waals surface area contributed by atoms with Gasteiger partial charge < -0.3 is 0 Å².